The van der Waals surface area contributed by atoms with E-state index in [9.17, 15) is 19.8 Å². The Morgan fingerprint density at radius 2 is 1.95 bits per heavy atom. The van der Waals surface area contributed by atoms with Gasteiger partial charge in [-0.15, -0.1) is 0 Å². The first kappa shape index (κ1) is 14.3. The van der Waals surface area contributed by atoms with Crippen LogP contribution < -0.4 is 10.6 Å². The van der Waals surface area contributed by atoms with E-state index in [2.05, 4.69) is 4.98 Å². The molecule has 1 aromatic heterocycles. The molecule has 0 radical (unpaired) electrons. The molecule has 0 bridgehead atoms. The number of pyridine rings is 1. The summed E-state index contributed by atoms with van der Waals surface area (Å²) in [6.45, 7) is 0. The van der Waals surface area contributed by atoms with E-state index in [0.29, 0.717) is 0 Å². The zero-order valence-corrected chi connectivity index (χ0v) is 11.1. The Kier molecular flexibility index (Phi) is 3.75. The topological polar surface area (TPSA) is 117 Å². The first-order valence-corrected chi connectivity index (χ1v) is 5.95. The van der Waals surface area contributed by atoms with Crippen LogP contribution in [-0.2, 0) is 0 Å². The number of benzene rings is 1. The van der Waals surface area contributed by atoms with Crippen molar-refractivity contribution in [3.63, 3.8) is 0 Å². The Morgan fingerprint density at radius 1 is 1.24 bits per heavy atom. The van der Waals surface area contributed by atoms with Gasteiger partial charge in [-0.25, -0.2) is 4.79 Å². The lowest BCUT2D eigenvalue weighted by molar-refractivity contribution is 0.0698. The highest BCUT2D eigenvalue weighted by atomic mass is 16.4. The van der Waals surface area contributed by atoms with Crippen LogP contribution in [0.25, 0.3) is 0 Å². The van der Waals surface area contributed by atoms with Crippen molar-refractivity contribution in [2.24, 2.45) is 0 Å². The second-order valence-electron chi connectivity index (χ2n) is 4.34. The first-order valence-electron chi connectivity index (χ1n) is 5.95. The molecule has 108 valence electrons. The van der Waals surface area contributed by atoms with E-state index >= 15 is 0 Å². The molecule has 0 aliphatic heterocycles. The van der Waals surface area contributed by atoms with Gasteiger partial charge in [-0.05, 0) is 24.3 Å². The Bertz CT molecular complexity index is 715. The minimum Gasteiger partial charge on any atom is -0.505 e. The molecule has 0 fully saturated rings. The number of hydrogen-bond acceptors (Lipinski definition) is 5. The molecule has 0 unspecified atom stereocenters. The number of anilines is 2. The Morgan fingerprint density at radius 3 is 2.57 bits per heavy atom. The van der Waals surface area contributed by atoms with Crippen LogP contribution in [0.4, 0.5) is 11.4 Å². The predicted octanol–water partition coefficient (Wildman–Crippen LogP) is 1.34. The fourth-order valence-corrected chi connectivity index (χ4v) is 1.87. The van der Waals surface area contributed by atoms with Crippen molar-refractivity contribution in [3.8, 4) is 5.75 Å². The standard InChI is InChI=1S/C14H13N3O4/c1-17(13(19)9-4-5-16-7-12(9)18)11-3-2-8(15)6-10(11)14(20)21/h2-7,18H,15H2,1H3,(H,20,21). The predicted molar refractivity (Wildman–Crippen MR) is 76.4 cm³/mol. The van der Waals surface area contributed by atoms with Crippen molar-refractivity contribution >= 4 is 23.3 Å². The molecule has 1 aromatic carbocycles. The number of rotatable bonds is 3. The Labute approximate surface area is 120 Å². The molecular weight excluding hydrogens is 274 g/mol. The summed E-state index contributed by atoms with van der Waals surface area (Å²) >= 11 is 0. The molecule has 2 aromatic rings. The van der Waals surface area contributed by atoms with Gasteiger partial charge in [-0.2, -0.15) is 0 Å². The number of aromatic nitrogens is 1. The van der Waals surface area contributed by atoms with Crippen LogP contribution >= 0.6 is 0 Å². The number of hydrogen-bond donors (Lipinski definition) is 3. The van der Waals surface area contributed by atoms with Gasteiger partial charge in [-0.3, -0.25) is 9.78 Å². The third kappa shape index (κ3) is 2.76. The molecule has 0 aliphatic rings. The van der Waals surface area contributed by atoms with Crippen molar-refractivity contribution < 1.29 is 19.8 Å². The number of carbonyl (C=O) groups is 2. The van der Waals surface area contributed by atoms with Gasteiger partial charge in [0.15, 0.2) is 0 Å². The van der Waals surface area contributed by atoms with Crippen LogP contribution in [0, 0.1) is 0 Å². The lowest BCUT2D eigenvalue weighted by Crippen LogP contribution is -2.28. The van der Waals surface area contributed by atoms with Gasteiger partial charge >= 0.3 is 5.97 Å². The zero-order valence-electron chi connectivity index (χ0n) is 11.1. The number of amides is 1. The molecular formula is C14H13N3O4. The molecule has 7 nitrogen and oxygen atoms in total. The van der Waals surface area contributed by atoms with Gasteiger partial charge in [0.1, 0.15) is 5.75 Å². The maximum atomic E-state index is 12.3. The summed E-state index contributed by atoms with van der Waals surface area (Å²) < 4.78 is 0. The molecule has 0 aliphatic carbocycles. The zero-order chi connectivity index (χ0) is 15.6. The number of carboxylic acids is 1. The van der Waals surface area contributed by atoms with Crippen LogP contribution in [-0.4, -0.2) is 34.1 Å². The summed E-state index contributed by atoms with van der Waals surface area (Å²) in [5.74, 6) is -2.03. The average molecular weight is 287 g/mol. The highest BCUT2D eigenvalue weighted by Crippen LogP contribution is 2.25. The van der Waals surface area contributed by atoms with Crippen molar-refractivity contribution in [1.82, 2.24) is 4.98 Å². The van der Waals surface area contributed by atoms with Crippen LogP contribution in [0.1, 0.15) is 20.7 Å². The van der Waals surface area contributed by atoms with Crippen molar-refractivity contribution in [1.29, 1.82) is 0 Å². The lowest BCUT2D eigenvalue weighted by atomic mass is 10.1. The number of carbonyl (C=O) groups excluding carboxylic acids is 1. The molecule has 0 atom stereocenters. The van der Waals surface area contributed by atoms with E-state index in [0.717, 1.165) is 11.1 Å². The fourth-order valence-electron chi connectivity index (χ4n) is 1.87. The molecule has 0 saturated carbocycles. The number of nitrogens with two attached hydrogens (primary N) is 1. The highest BCUT2D eigenvalue weighted by Gasteiger charge is 2.21. The number of nitrogens with zero attached hydrogens (tertiary/aromatic N) is 2. The third-order valence-corrected chi connectivity index (χ3v) is 2.95. The normalized spacial score (nSPS) is 10.1. The molecule has 1 heterocycles. The molecule has 4 N–H and O–H groups in total. The van der Waals surface area contributed by atoms with Gasteiger partial charge in [0.25, 0.3) is 5.91 Å². The summed E-state index contributed by atoms with van der Waals surface area (Å²) in [4.78, 5) is 28.4. The number of nitrogen functional groups attached to an aromatic ring is 1. The molecule has 2 rings (SSSR count). The Hall–Kier alpha value is -3.09. The number of carboxylic acid groups (broad SMARTS) is 1. The largest absolute Gasteiger partial charge is 0.505 e. The van der Waals surface area contributed by atoms with Gasteiger partial charge < -0.3 is 20.8 Å². The van der Waals surface area contributed by atoms with E-state index in [4.69, 9.17) is 5.73 Å². The van der Waals surface area contributed by atoms with Crippen LogP contribution in [0.3, 0.4) is 0 Å². The monoisotopic (exact) mass is 287 g/mol. The summed E-state index contributed by atoms with van der Waals surface area (Å²) in [7, 11) is 1.42. The summed E-state index contributed by atoms with van der Waals surface area (Å²) in [5.41, 5.74) is 5.95. The molecule has 21 heavy (non-hydrogen) atoms. The SMILES string of the molecule is CN(C(=O)c1ccncc1O)c1ccc(N)cc1C(=O)O. The second-order valence-corrected chi connectivity index (χ2v) is 4.34. The van der Waals surface area contributed by atoms with E-state index in [-0.39, 0.29) is 28.3 Å². The molecule has 7 heteroatoms. The van der Waals surface area contributed by atoms with E-state index < -0.39 is 11.9 Å². The third-order valence-electron chi connectivity index (χ3n) is 2.95. The number of aromatic hydroxyl groups is 1. The summed E-state index contributed by atoms with van der Waals surface area (Å²) in [6.07, 6.45) is 2.50. The van der Waals surface area contributed by atoms with E-state index in [1.54, 1.807) is 0 Å². The fraction of sp³-hybridized carbons (Fsp3) is 0.0714. The van der Waals surface area contributed by atoms with Gasteiger partial charge in [0.2, 0.25) is 0 Å². The molecule has 0 saturated heterocycles. The first-order chi connectivity index (χ1) is 9.91. The minimum absolute atomic E-state index is 0.0284. The Balaban J connectivity index is 2.45. The average Bonchev–Trinajstić information content (AvgIpc) is 2.46. The maximum Gasteiger partial charge on any atom is 0.337 e. The van der Waals surface area contributed by atoms with Gasteiger partial charge in [0, 0.05) is 18.9 Å². The quantitative estimate of drug-likeness (QED) is 0.733. The molecule has 1 amide bonds. The number of aromatic carboxylic acids is 1. The van der Waals surface area contributed by atoms with Crippen LogP contribution in [0.15, 0.2) is 36.7 Å². The van der Waals surface area contributed by atoms with Gasteiger partial charge in [-0.1, -0.05) is 0 Å². The summed E-state index contributed by atoms with van der Waals surface area (Å²) in [5, 5.41) is 18.8. The lowest BCUT2D eigenvalue weighted by Gasteiger charge is -2.20. The van der Waals surface area contributed by atoms with Gasteiger partial charge in [0.05, 0.1) is 23.0 Å². The van der Waals surface area contributed by atoms with E-state index in [1.165, 1.54) is 37.5 Å². The van der Waals surface area contributed by atoms with Crippen molar-refractivity contribution in [3.05, 3.63) is 47.8 Å². The smallest absolute Gasteiger partial charge is 0.337 e. The van der Waals surface area contributed by atoms with E-state index in [1.807, 2.05) is 0 Å². The van der Waals surface area contributed by atoms with Crippen molar-refractivity contribution in [2.75, 3.05) is 17.7 Å². The van der Waals surface area contributed by atoms with Crippen LogP contribution in [0.5, 0.6) is 5.75 Å². The second kappa shape index (κ2) is 5.49. The minimum atomic E-state index is -1.20. The summed E-state index contributed by atoms with van der Waals surface area (Å²) in [6, 6.07) is 5.56. The maximum absolute atomic E-state index is 12.3. The van der Waals surface area contributed by atoms with Crippen LogP contribution in [0.2, 0.25) is 0 Å². The van der Waals surface area contributed by atoms with Crippen molar-refractivity contribution in [2.45, 2.75) is 0 Å². The highest BCUT2D eigenvalue weighted by molar-refractivity contribution is 6.10. The molecule has 0 spiro atoms.